The molecule has 196 valence electrons. The van der Waals surface area contributed by atoms with Crippen LogP contribution >= 0.6 is 23.2 Å². The topological polar surface area (TPSA) is 127 Å². The number of nitrogens with zero attached hydrogens (tertiary/aromatic N) is 3. The van der Waals surface area contributed by atoms with Crippen molar-refractivity contribution in [2.75, 3.05) is 25.0 Å². The summed E-state index contributed by atoms with van der Waals surface area (Å²) in [7, 11) is 0. The van der Waals surface area contributed by atoms with Gasteiger partial charge in [-0.2, -0.15) is 0 Å². The molecule has 0 spiro atoms. The van der Waals surface area contributed by atoms with Crippen molar-refractivity contribution < 1.29 is 14.3 Å². The Hall–Kier alpha value is -3.63. The number of halogens is 2. The summed E-state index contributed by atoms with van der Waals surface area (Å²) >= 11 is 12.4. The van der Waals surface area contributed by atoms with E-state index in [-0.39, 0.29) is 36.6 Å². The summed E-state index contributed by atoms with van der Waals surface area (Å²) in [6.07, 6.45) is 2.28. The number of hydrogen-bond donors (Lipinski definition) is 3. The van der Waals surface area contributed by atoms with E-state index < -0.39 is 11.5 Å². The van der Waals surface area contributed by atoms with Gasteiger partial charge in [-0.3, -0.25) is 23.9 Å². The first-order valence-corrected chi connectivity index (χ1v) is 12.4. The summed E-state index contributed by atoms with van der Waals surface area (Å²) in [6.45, 7) is 3.97. The van der Waals surface area contributed by atoms with Crippen LogP contribution in [0.3, 0.4) is 0 Å². The number of carbonyl (C=O) groups is 2. The summed E-state index contributed by atoms with van der Waals surface area (Å²) < 4.78 is 6.84. The maximum absolute atomic E-state index is 13.0. The van der Waals surface area contributed by atoms with E-state index in [0.29, 0.717) is 41.5 Å². The van der Waals surface area contributed by atoms with Gasteiger partial charge in [-0.1, -0.05) is 29.3 Å². The third kappa shape index (κ3) is 8.19. The van der Waals surface area contributed by atoms with Gasteiger partial charge >= 0.3 is 0 Å². The number of carbonyl (C=O) groups excluding carboxylic acids is 2. The van der Waals surface area contributed by atoms with Crippen molar-refractivity contribution in [3.63, 3.8) is 0 Å². The molecule has 0 aliphatic rings. The van der Waals surface area contributed by atoms with E-state index in [1.807, 2.05) is 25.1 Å². The van der Waals surface area contributed by atoms with Gasteiger partial charge in [-0.15, -0.1) is 0 Å². The Kier molecular flexibility index (Phi) is 10.3. The second kappa shape index (κ2) is 13.6. The van der Waals surface area contributed by atoms with Crippen LogP contribution in [0.25, 0.3) is 0 Å². The molecule has 0 saturated carbocycles. The van der Waals surface area contributed by atoms with E-state index >= 15 is 0 Å². The maximum Gasteiger partial charge on any atom is 0.294 e. The SMILES string of the molecule is CCNC(=O)COc1ccc(Cl)cc1CNC(=O)Cn1c(C)c(Cl)nc(NCCc2ccccn2)c1=O. The second-order valence-corrected chi connectivity index (χ2v) is 8.79. The number of aromatic nitrogens is 3. The average molecular weight is 547 g/mol. The van der Waals surface area contributed by atoms with Gasteiger partial charge in [0.15, 0.2) is 17.6 Å². The molecular weight excluding hydrogens is 519 g/mol. The van der Waals surface area contributed by atoms with Gasteiger partial charge in [0.25, 0.3) is 11.5 Å². The monoisotopic (exact) mass is 546 g/mol. The van der Waals surface area contributed by atoms with Crippen molar-refractivity contribution in [3.8, 4) is 5.75 Å². The Morgan fingerprint density at radius 2 is 1.92 bits per heavy atom. The quantitative estimate of drug-likeness (QED) is 0.318. The van der Waals surface area contributed by atoms with E-state index in [1.165, 1.54) is 4.57 Å². The lowest BCUT2D eigenvalue weighted by Crippen LogP contribution is -2.35. The van der Waals surface area contributed by atoms with Gasteiger partial charge in [-0.25, -0.2) is 4.98 Å². The van der Waals surface area contributed by atoms with Crippen LogP contribution in [0.15, 0.2) is 47.4 Å². The maximum atomic E-state index is 13.0. The minimum Gasteiger partial charge on any atom is -0.483 e. The normalized spacial score (nSPS) is 10.6. The van der Waals surface area contributed by atoms with Gasteiger partial charge in [0.2, 0.25) is 5.91 Å². The second-order valence-electron chi connectivity index (χ2n) is 8.00. The molecule has 0 bridgehead atoms. The molecule has 0 saturated heterocycles. The average Bonchev–Trinajstić information content (AvgIpc) is 2.88. The number of amides is 2. The Morgan fingerprint density at radius 3 is 2.65 bits per heavy atom. The molecule has 10 nitrogen and oxygen atoms in total. The first-order valence-electron chi connectivity index (χ1n) is 11.6. The highest BCUT2D eigenvalue weighted by molar-refractivity contribution is 6.30. The predicted molar refractivity (Wildman–Crippen MR) is 142 cm³/mol. The minimum absolute atomic E-state index is 0.0511. The van der Waals surface area contributed by atoms with Gasteiger partial charge < -0.3 is 20.7 Å². The molecule has 2 heterocycles. The zero-order valence-corrected chi connectivity index (χ0v) is 22.0. The van der Waals surface area contributed by atoms with Gasteiger partial charge in [0.1, 0.15) is 12.3 Å². The molecule has 2 amide bonds. The van der Waals surface area contributed by atoms with Crippen LogP contribution in [0.2, 0.25) is 10.2 Å². The van der Waals surface area contributed by atoms with Crippen LogP contribution in [0, 0.1) is 6.92 Å². The molecule has 3 N–H and O–H groups in total. The van der Waals surface area contributed by atoms with Crippen molar-refractivity contribution in [2.45, 2.75) is 33.4 Å². The summed E-state index contributed by atoms with van der Waals surface area (Å²) in [5, 5.41) is 8.95. The van der Waals surface area contributed by atoms with Gasteiger partial charge in [0, 0.05) is 48.5 Å². The Morgan fingerprint density at radius 1 is 1.11 bits per heavy atom. The fourth-order valence-electron chi connectivity index (χ4n) is 3.39. The summed E-state index contributed by atoms with van der Waals surface area (Å²) in [5.74, 6) is -0.228. The van der Waals surface area contributed by atoms with Crippen LogP contribution in [0.5, 0.6) is 5.75 Å². The zero-order chi connectivity index (χ0) is 26.8. The number of likely N-dealkylation sites (N-methyl/N-ethyl adjacent to an activating group) is 1. The van der Waals surface area contributed by atoms with E-state index in [2.05, 4.69) is 25.9 Å². The molecule has 0 aliphatic heterocycles. The van der Waals surface area contributed by atoms with Crippen molar-refractivity contribution in [1.82, 2.24) is 25.2 Å². The molecule has 3 aromatic rings. The van der Waals surface area contributed by atoms with E-state index in [0.717, 1.165) is 5.69 Å². The van der Waals surface area contributed by atoms with Crippen LogP contribution in [-0.2, 0) is 29.1 Å². The zero-order valence-electron chi connectivity index (χ0n) is 20.5. The first-order chi connectivity index (χ1) is 17.8. The highest BCUT2D eigenvalue weighted by Gasteiger charge is 2.16. The van der Waals surface area contributed by atoms with Gasteiger partial charge in [-0.05, 0) is 44.2 Å². The van der Waals surface area contributed by atoms with Gasteiger partial charge in [0.05, 0.1) is 5.69 Å². The lowest BCUT2D eigenvalue weighted by Gasteiger charge is -2.15. The molecule has 0 aliphatic carbocycles. The number of nitrogens with one attached hydrogen (secondary N) is 3. The molecule has 3 rings (SSSR count). The number of ether oxygens (including phenoxy) is 1. The van der Waals surface area contributed by atoms with E-state index in [4.69, 9.17) is 27.9 Å². The predicted octanol–water partition coefficient (Wildman–Crippen LogP) is 2.74. The number of hydrogen-bond acceptors (Lipinski definition) is 7. The van der Waals surface area contributed by atoms with Crippen molar-refractivity contribution >= 4 is 40.8 Å². The number of anilines is 1. The summed E-state index contributed by atoms with van der Waals surface area (Å²) in [6, 6.07) is 10.5. The standard InChI is InChI=1S/C25H28Cl2N6O4/c1-3-28-22(35)15-37-20-8-7-18(26)12-17(20)13-31-21(34)14-33-16(2)23(27)32-24(25(33)36)30-11-9-19-6-4-5-10-29-19/h4-8,10,12H,3,9,11,13-15H2,1-2H3,(H,28,35)(H,30,32)(H,31,34). The van der Waals surface area contributed by atoms with Crippen molar-refractivity contribution in [3.05, 3.63) is 80.1 Å². The molecule has 37 heavy (non-hydrogen) atoms. The number of pyridine rings is 1. The largest absolute Gasteiger partial charge is 0.483 e. The van der Waals surface area contributed by atoms with Crippen LogP contribution in [-0.4, -0.2) is 46.0 Å². The van der Waals surface area contributed by atoms with Crippen LogP contribution in [0.4, 0.5) is 5.82 Å². The highest BCUT2D eigenvalue weighted by atomic mass is 35.5. The lowest BCUT2D eigenvalue weighted by molar-refractivity contribution is -0.123. The van der Waals surface area contributed by atoms with Crippen molar-refractivity contribution in [2.24, 2.45) is 0 Å². The van der Waals surface area contributed by atoms with Crippen LogP contribution in [0.1, 0.15) is 23.9 Å². The smallest absolute Gasteiger partial charge is 0.294 e. The number of rotatable bonds is 12. The molecule has 2 aromatic heterocycles. The Bertz CT molecular complexity index is 1300. The molecular formula is C25H28Cl2N6O4. The summed E-state index contributed by atoms with van der Waals surface area (Å²) in [4.78, 5) is 45.9. The third-order valence-electron chi connectivity index (χ3n) is 5.29. The third-order valence-corrected chi connectivity index (χ3v) is 5.89. The molecule has 0 unspecified atom stereocenters. The Labute approximate surface area is 224 Å². The van der Waals surface area contributed by atoms with Crippen molar-refractivity contribution in [1.29, 1.82) is 0 Å². The Balaban J connectivity index is 1.65. The highest BCUT2D eigenvalue weighted by Crippen LogP contribution is 2.23. The van der Waals surface area contributed by atoms with Crippen LogP contribution < -0.4 is 26.2 Å². The molecule has 0 atom stereocenters. The lowest BCUT2D eigenvalue weighted by atomic mass is 10.2. The molecule has 12 heteroatoms. The molecule has 0 fully saturated rings. The molecule has 0 radical (unpaired) electrons. The fourth-order valence-corrected chi connectivity index (χ4v) is 3.77. The molecule has 1 aromatic carbocycles. The van der Waals surface area contributed by atoms with E-state index in [1.54, 1.807) is 31.3 Å². The fraction of sp³-hybridized carbons (Fsp3) is 0.320. The minimum atomic E-state index is -0.466. The first kappa shape index (κ1) is 27.9. The van der Waals surface area contributed by atoms with E-state index in [9.17, 15) is 14.4 Å². The number of benzene rings is 1. The summed E-state index contributed by atoms with van der Waals surface area (Å²) in [5.41, 5.74) is 1.35.